The summed E-state index contributed by atoms with van der Waals surface area (Å²) in [6.07, 6.45) is -1.90. The number of rotatable bonds is 6. The van der Waals surface area contributed by atoms with Crippen LogP contribution in [-0.2, 0) is 6.54 Å². The van der Waals surface area contributed by atoms with Gasteiger partial charge in [0.05, 0.1) is 0 Å². The Morgan fingerprint density at radius 3 is 2.58 bits per heavy atom. The lowest BCUT2D eigenvalue weighted by Gasteiger charge is -2.28. The van der Waals surface area contributed by atoms with Crippen LogP contribution in [0.2, 0.25) is 0 Å². The lowest BCUT2D eigenvalue weighted by Crippen LogP contribution is -2.35. The molecule has 0 aliphatic rings. The monoisotopic (exact) mass is 275 g/mol. The molecular weight excluding hydrogens is 255 g/mol. The molecule has 0 atom stereocenters. The molecule has 108 valence electrons. The Labute approximate surface area is 111 Å². The van der Waals surface area contributed by atoms with Crippen molar-refractivity contribution in [3.8, 4) is 0 Å². The fourth-order valence-corrected chi connectivity index (χ4v) is 1.97. The van der Waals surface area contributed by atoms with Crippen molar-refractivity contribution in [2.45, 2.75) is 33.0 Å². The largest absolute Gasteiger partial charge is 0.405 e. The molecule has 0 radical (unpaired) electrons. The quantitative estimate of drug-likeness (QED) is 0.865. The van der Waals surface area contributed by atoms with Crippen molar-refractivity contribution in [3.63, 3.8) is 0 Å². The maximum atomic E-state index is 12.7. The molecule has 0 saturated heterocycles. The van der Waals surface area contributed by atoms with E-state index in [9.17, 15) is 13.2 Å². The van der Waals surface area contributed by atoms with E-state index in [4.69, 9.17) is 0 Å². The van der Waals surface area contributed by atoms with Gasteiger partial charge in [0.2, 0.25) is 0 Å². The van der Waals surface area contributed by atoms with Gasteiger partial charge in [-0.2, -0.15) is 13.2 Å². The summed E-state index contributed by atoms with van der Waals surface area (Å²) in [6.45, 7) is 3.60. The fraction of sp³-hybridized carbons (Fsp3) is 0.615. The van der Waals surface area contributed by atoms with E-state index < -0.39 is 12.7 Å². The number of halogens is 3. The number of aryl methyl sites for hydroxylation is 1. The summed E-state index contributed by atoms with van der Waals surface area (Å²) < 4.78 is 38.0. The van der Waals surface area contributed by atoms with Crippen LogP contribution in [0.15, 0.2) is 12.3 Å². The maximum Gasteiger partial charge on any atom is 0.405 e. The van der Waals surface area contributed by atoms with Gasteiger partial charge in [-0.05, 0) is 26.5 Å². The number of pyridine rings is 1. The summed E-state index contributed by atoms with van der Waals surface area (Å²) in [5.41, 5.74) is 2.12. The maximum absolute atomic E-state index is 12.7. The predicted molar refractivity (Wildman–Crippen MR) is 70.3 cm³/mol. The highest BCUT2D eigenvalue weighted by atomic mass is 19.4. The average molecular weight is 275 g/mol. The first kappa shape index (κ1) is 15.8. The molecule has 1 aromatic rings. The SMILES string of the molecule is CCCN(CC(F)(F)F)c1cc(C)ncc1CNC. The molecule has 0 spiro atoms. The van der Waals surface area contributed by atoms with E-state index in [0.29, 0.717) is 25.2 Å². The topological polar surface area (TPSA) is 28.2 Å². The number of anilines is 1. The van der Waals surface area contributed by atoms with Crippen LogP contribution < -0.4 is 10.2 Å². The molecule has 6 heteroatoms. The van der Waals surface area contributed by atoms with Crippen molar-refractivity contribution < 1.29 is 13.2 Å². The zero-order chi connectivity index (χ0) is 14.5. The predicted octanol–water partition coefficient (Wildman–Crippen LogP) is 2.89. The summed E-state index contributed by atoms with van der Waals surface area (Å²) >= 11 is 0. The first-order valence-corrected chi connectivity index (χ1v) is 6.29. The van der Waals surface area contributed by atoms with Gasteiger partial charge in [-0.15, -0.1) is 0 Å². The second-order valence-corrected chi connectivity index (χ2v) is 4.52. The minimum Gasteiger partial charge on any atom is -0.362 e. The molecule has 1 N–H and O–H groups in total. The van der Waals surface area contributed by atoms with E-state index in [2.05, 4.69) is 10.3 Å². The molecule has 0 aliphatic heterocycles. The summed E-state index contributed by atoms with van der Waals surface area (Å²) in [7, 11) is 1.76. The van der Waals surface area contributed by atoms with Crippen molar-refractivity contribution in [1.29, 1.82) is 0 Å². The van der Waals surface area contributed by atoms with E-state index in [1.807, 2.05) is 6.92 Å². The molecule has 0 amide bonds. The minimum absolute atomic E-state index is 0.375. The van der Waals surface area contributed by atoms with Gasteiger partial charge in [0.25, 0.3) is 0 Å². The van der Waals surface area contributed by atoms with Crippen LogP contribution in [0.3, 0.4) is 0 Å². The summed E-state index contributed by atoms with van der Waals surface area (Å²) in [5, 5.41) is 2.96. The molecule has 0 aromatic carbocycles. The smallest absolute Gasteiger partial charge is 0.362 e. The molecule has 1 rings (SSSR count). The Kier molecular flexibility index (Phi) is 5.60. The zero-order valence-corrected chi connectivity index (χ0v) is 11.5. The number of nitrogens with zero attached hydrogens (tertiary/aromatic N) is 2. The first-order chi connectivity index (χ1) is 8.87. The van der Waals surface area contributed by atoms with Gasteiger partial charge < -0.3 is 10.2 Å². The molecule has 1 aromatic heterocycles. The molecule has 3 nitrogen and oxygen atoms in total. The van der Waals surface area contributed by atoms with Crippen molar-refractivity contribution in [2.24, 2.45) is 0 Å². The van der Waals surface area contributed by atoms with Crippen LogP contribution in [0.1, 0.15) is 24.6 Å². The standard InChI is InChI=1S/C13H20F3N3/c1-4-5-19(9-13(14,15)16)12-6-10(2)18-8-11(12)7-17-3/h6,8,17H,4-5,7,9H2,1-3H3. The molecular formula is C13H20F3N3. The van der Waals surface area contributed by atoms with Crippen LogP contribution in [0.25, 0.3) is 0 Å². The highest BCUT2D eigenvalue weighted by Gasteiger charge is 2.31. The van der Waals surface area contributed by atoms with Gasteiger partial charge >= 0.3 is 6.18 Å². The minimum atomic E-state index is -4.21. The van der Waals surface area contributed by atoms with E-state index in [-0.39, 0.29) is 0 Å². The zero-order valence-electron chi connectivity index (χ0n) is 11.5. The Morgan fingerprint density at radius 2 is 2.05 bits per heavy atom. The van der Waals surface area contributed by atoms with Gasteiger partial charge in [0, 0.05) is 36.2 Å². The molecule has 0 fully saturated rings. The van der Waals surface area contributed by atoms with Gasteiger partial charge in [-0.25, -0.2) is 0 Å². The highest BCUT2D eigenvalue weighted by Crippen LogP contribution is 2.26. The molecule has 0 unspecified atom stereocenters. The van der Waals surface area contributed by atoms with Crippen molar-refractivity contribution in [3.05, 3.63) is 23.5 Å². The Morgan fingerprint density at radius 1 is 1.37 bits per heavy atom. The lowest BCUT2D eigenvalue weighted by molar-refractivity contribution is -0.119. The normalized spacial score (nSPS) is 11.7. The van der Waals surface area contributed by atoms with Crippen LogP contribution in [-0.4, -0.2) is 31.3 Å². The van der Waals surface area contributed by atoms with E-state index >= 15 is 0 Å². The molecule has 0 aliphatic carbocycles. The van der Waals surface area contributed by atoms with Crippen molar-refractivity contribution >= 4 is 5.69 Å². The second-order valence-electron chi connectivity index (χ2n) is 4.52. The van der Waals surface area contributed by atoms with Crippen molar-refractivity contribution in [2.75, 3.05) is 25.0 Å². The van der Waals surface area contributed by atoms with Crippen LogP contribution in [0, 0.1) is 6.92 Å². The number of aromatic nitrogens is 1. The van der Waals surface area contributed by atoms with E-state index in [0.717, 1.165) is 11.3 Å². The highest BCUT2D eigenvalue weighted by molar-refractivity contribution is 5.53. The van der Waals surface area contributed by atoms with Crippen LogP contribution in [0.4, 0.5) is 18.9 Å². The third-order valence-electron chi connectivity index (χ3n) is 2.67. The van der Waals surface area contributed by atoms with Gasteiger partial charge in [0.1, 0.15) is 6.54 Å². The van der Waals surface area contributed by atoms with Gasteiger partial charge in [-0.3, -0.25) is 4.98 Å². The molecule has 1 heterocycles. The fourth-order valence-electron chi connectivity index (χ4n) is 1.97. The number of nitrogens with one attached hydrogen (secondary N) is 1. The molecule has 0 saturated carbocycles. The number of alkyl halides is 3. The van der Waals surface area contributed by atoms with Crippen LogP contribution >= 0.6 is 0 Å². The third-order valence-corrected chi connectivity index (χ3v) is 2.67. The summed E-state index contributed by atoms with van der Waals surface area (Å²) in [6, 6.07) is 1.72. The first-order valence-electron chi connectivity index (χ1n) is 6.29. The third kappa shape index (κ3) is 5.06. The molecule has 0 bridgehead atoms. The van der Waals surface area contributed by atoms with Gasteiger partial charge in [-0.1, -0.05) is 6.92 Å². The van der Waals surface area contributed by atoms with E-state index in [1.54, 1.807) is 26.2 Å². The Balaban J connectivity index is 3.08. The summed E-state index contributed by atoms with van der Waals surface area (Å²) in [5.74, 6) is 0. The second kappa shape index (κ2) is 6.75. The Hall–Kier alpha value is -1.30. The number of hydrogen-bond acceptors (Lipinski definition) is 3. The van der Waals surface area contributed by atoms with Crippen molar-refractivity contribution in [1.82, 2.24) is 10.3 Å². The molecule has 19 heavy (non-hydrogen) atoms. The lowest BCUT2D eigenvalue weighted by atomic mass is 10.1. The van der Waals surface area contributed by atoms with Gasteiger partial charge in [0.15, 0.2) is 0 Å². The van der Waals surface area contributed by atoms with E-state index in [1.165, 1.54) is 4.90 Å². The van der Waals surface area contributed by atoms with Crippen LogP contribution in [0.5, 0.6) is 0 Å². The average Bonchev–Trinajstić information content (AvgIpc) is 2.29. The summed E-state index contributed by atoms with van der Waals surface area (Å²) in [4.78, 5) is 5.53. The number of hydrogen-bond donors (Lipinski definition) is 1. The Bertz CT molecular complexity index is 405.